The second kappa shape index (κ2) is 5.19. The number of anilines is 1. The highest BCUT2D eigenvalue weighted by Crippen LogP contribution is 2.22. The molecule has 3 nitrogen and oxygen atoms in total. The van der Waals surface area contributed by atoms with Crippen molar-refractivity contribution >= 4 is 22.2 Å². The van der Waals surface area contributed by atoms with Crippen molar-refractivity contribution in [2.45, 2.75) is 0 Å². The summed E-state index contributed by atoms with van der Waals surface area (Å²) in [5.74, 6) is 0.0103. The number of benzene rings is 2. The number of rotatable bonds is 4. The molecule has 0 saturated carbocycles. The van der Waals surface area contributed by atoms with Crippen molar-refractivity contribution in [3.05, 3.63) is 42.0 Å². The van der Waals surface area contributed by atoms with Crippen molar-refractivity contribution in [3.63, 3.8) is 0 Å². The smallest absolute Gasteiger partial charge is 0.188 e. The third-order valence-electron chi connectivity index (χ3n) is 2.94. The minimum atomic E-state index is 0.0103. The van der Waals surface area contributed by atoms with Crippen LogP contribution in [0.4, 0.5) is 5.69 Å². The van der Waals surface area contributed by atoms with Gasteiger partial charge in [0.05, 0.1) is 0 Å². The van der Waals surface area contributed by atoms with Crippen LogP contribution in [0.15, 0.2) is 36.4 Å². The molecule has 2 aromatic carbocycles. The Morgan fingerprint density at radius 3 is 2.44 bits per heavy atom. The van der Waals surface area contributed by atoms with E-state index >= 15 is 0 Å². The van der Waals surface area contributed by atoms with Crippen LogP contribution in [0.1, 0.15) is 10.4 Å². The quantitative estimate of drug-likeness (QED) is 0.773. The Kier molecular flexibility index (Phi) is 3.63. The van der Waals surface area contributed by atoms with Crippen molar-refractivity contribution in [1.29, 1.82) is 0 Å². The number of methoxy groups -OCH3 is 1. The third-order valence-corrected chi connectivity index (χ3v) is 2.94. The number of nitrogens with zero attached hydrogens (tertiary/aromatic N) is 1. The molecule has 0 saturated heterocycles. The first kappa shape index (κ1) is 12.6. The molecule has 3 heteroatoms. The van der Waals surface area contributed by atoms with Gasteiger partial charge in [-0.05, 0) is 29.0 Å². The van der Waals surface area contributed by atoms with Gasteiger partial charge in [-0.15, -0.1) is 0 Å². The number of hydrogen-bond acceptors (Lipinski definition) is 3. The Hall–Kier alpha value is -1.87. The summed E-state index contributed by atoms with van der Waals surface area (Å²) in [5.41, 5.74) is 1.85. The lowest BCUT2D eigenvalue weighted by Crippen LogP contribution is -2.08. The monoisotopic (exact) mass is 243 g/mol. The lowest BCUT2D eigenvalue weighted by Gasteiger charge is -2.13. The number of Topliss-reactive ketones (excluding diaryl/α,β-unsaturated/α-hetero) is 1. The molecular weight excluding hydrogens is 226 g/mol. The minimum absolute atomic E-state index is 0.0103. The van der Waals surface area contributed by atoms with Crippen molar-refractivity contribution in [1.82, 2.24) is 0 Å². The van der Waals surface area contributed by atoms with Crippen LogP contribution in [0.2, 0.25) is 0 Å². The Bertz CT molecular complexity index is 576. The van der Waals surface area contributed by atoms with Gasteiger partial charge in [0.15, 0.2) is 5.78 Å². The molecule has 18 heavy (non-hydrogen) atoms. The normalized spacial score (nSPS) is 10.6. The average Bonchev–Trinajstić information content (AvgIpc) is 2.37. The molecule has 2 aromatic rings. The molecule has 0 spiro atoms. The molecule has 0 fully saturated rings. The maximum atomic E-state index is 11.7. The van der Waals surface area contributed by atoms with Gasteiger partial charge in [-0.2, -0.15) is 0 Å². The van der Waals surface area contributed by atoms with E-state index < -0.39 is 0 Å². The van der Waals surface area contributed by atoms with Gasteiger partial charge in [0.25, 0.3) is 0 Å². The molecule has 94 valence electrons. The van der Waals surface area contributed by atoms with Gasteiger partial charge >= 0.3 is 0 Å². The van der Waals surface area contributed by atoms with Gasteiger partial charge < -0.3 is 9.64 Å². The van der Waals surface area contributed by atoms with Gasteiger partial charge in [0.2, 0.25) is 0 Å². The highest BCUT2D eigenvalue weighted by molar-refractivity contribution is 6.01. The lowest BCUT2D eigenvalue weighted by molar-refractivity contribution is 0.0848. The number of carbonyl (C=O) groups excluding carboxylic acids is 1. The number of fused-ring (bicyclic) bond motifs is 1. The second-order valence-corrected chi connectivity index (χ2v) is 4.50. The topological polar surface area (TPSA) is 29.5 Å². The fraction of sp³-hybridized carbons (Fsp3) is 0.267. The standard InChI is InChI=1S/C15H17NO2/c1-16(2)14-7-6-11-8-13(15(17)10-18-3)5-4-12(11)9-14/h4-9H,10H2,1-3H3. The molecule has 0 bridgehead atoms. The van der Waals surface area contributed by atoms with Crippen LogP contribution in [-0.2, 0) is 4.74 Å². The van der Waals surface area contributed by atoms with Gasteiger partial charge in [-0.1, -0.05) is 18.2 Å². The van der Waals surface area contributed by atoms with Gasteiger partial charge in [0, 0.05) is 32.5 Å². The van der Waals surface area contributed by atoms with Gasteiger partial charge in [-0.25, -0.2) is 0 Å². The molecule has 0 aliphatic rings. The fourth-order valence-electron chi connectivity index (χ4n) is 1.90. The lowest BCUT2D eigenvalue weighted by atomic mass is 10.0. The summed E-state index contributed by atoms with van der Waals surface area (Å²) >= 11 is 0. The van der Waals surface area contributed by atoms with Crippen LogP contribution in [-0.4, -0.2) is 33.6 Å². The van der Waals surface area contributed by atoms with Crippen LogP contribution in [0, 0.1) is 0 Å². The molecule has 0 unspecified atom stereocenters. The zero-order valence-electron chi connectivity index (χ0n) is 10.9. The van der Waals surface area contributed by atoms with E-state index in [0.717, 1.165) is 16.5 Å². The van der Waals surface area contributed by atoms with Crippen molar-refractivity contribution in [3.8, 4) is 0 Å². The zero-order chi connectivity index (χ0) is 13.1. The SMILES string of the molecule is COCC(=O)c1ccc2cc(N(C)C)ccc2c1. The summed E-state index contributed by atoms with van der Waals surface area (Å²) in [7, 11) is 5.55. The summed E-state index contributed by atoms with van der Waals surface area (Å²) in [4.78, 5) is 13.8. The first-order chi connectivity index (χ1) is 8.61. The van der Waals surface area contributed by atoms with E-state index in [2.05, 4.69) is 11.0 Å². The van der Waals surface area contributed by atoms with Crippen molar-refractivity contribution < 1.29 is 9.53 Å². The van der Waals surface area contributed by atoms with E-state index in [-0.39, 0.29) is 12.4 Å². The molecule has 0 aliphatic heterocycles. The fourth-order valence-corrected chi connectivity index (χ4v) is 1.90. The van der Waals surface area contributed by atoms with E-state index in [1.54, 1.807) is 0 Å². The molecule has 0 atom stereocenters. The van der Waals surface area contributed by atoms with Crippen LogP contribution in [0.5, 0.6) is 0 Å². The first-order valence-electron chi connectivity index (χ1n) is 5.85. The van der Waals surface area contributed by atoms with Crippen LogP contribution >= 0.6 is 0 Å². The maximum Gasteiger partial charge on any atom is 0.188 e. The molecule has 0 aliphatic carbocycles. The van der Waals surface area contributed by atoms with Crippen LogP contribution in [0.25, 0.3) is 10.8 Å². The summed E-state index contributed by atoms with van der Waals surface area (Å²) in [6, 6.07) is 11.9. The number of ketones is 1. The molecule has 0 heterocycles. The Morgan fingerprint density at radius 2 is 1.78 bits per heavy atom. The van der Waals surface area contributed by atoms with Gasteiger partial charge in [0.1, 0.15) is 6.61 Å². The molecule has 2 rings (SSSR count). The van der Waals surface area contributed by atoms with Crippen LogP contribution in [0.3, 0.4) is 0 Å². The molecule has 0 amide bonds. The molecule has 0 aromatic heterocycles. The largest absolute Gasteiger partial charge is 0.378 e. The van der Waals surface area contributed by atoms with E-state index in [4.69, 9.17) is 4.74 Å². The van der Waals surface area contributed by atoms with E-state index in [0.29, 0.717) is 5.56 Å². The predicted octanol–water partition coefficient (Wildman–Crippen LogP) is 2.73. The number of carbonyl (C=O) groups is 1. The summed E-state index contributed by atoms with van der Waals surface area (Å²) < 4.78 is 4.86. The molecule has 0 N–H and O–H groups in total. The first-order valence-corrected chi connectivity index (χ1v) is 5.85. The van der Waals surface area contributed by atoms with Crippen LogP contribution < -0.4 is 4.90 Å². The van der Waals surface area contributed by atoms with E-state index in [9.17, 15) is 4.79 Å². The van der Waals surface area contributed by atoms with Crippen molar-refractivity contribution in [2.24, 2.45) is 0 Å². The Morgan fingerprint density at radius 1 is 1.11 bits per heavy atom. The Labute approximate surface area is 107 Å². The predicted molar refractivity (Wildman–Crippen MR) is 74.5 cm³/mol. The number of ether oxygens (including phenoxy) is 1. The van der Waals surface area contributed by atoms with Gasteiger partial charge in [-0.3, -0.25) is 4.79 Å². The summed E-state index contributed by atoms with van der Waals surface area (Å²) in [6.45, 7) is 0.126. The average molecular weight is 243 g/mol. The summed E-state index contributed by atoms with van der Waals surface area (Å²) in [5, 5.41) is 2.21. The highest BCUT2D eigenvalue weighted by Gasteiger charge is 2.06. The minimum Gasteiger partial charge on any atom is -0.378 e. The Balaban J connectivity index is 2.41. The maximum absolute atomic E-state index is 11.7. The number of hydrogen-bond donors (Lipinski definition) is 0. The zero-order valence-corrected chi connectivity index (χ0v) is 10.9. The highest BCUT2D eigenvalue weighted by atomic mass is 16.5. The summed E-state index contributed by atoms with van der Waals surface area (Å²) in [6.07, 6.45) is 0. The second-order valence-electron chi connectivity index (χ2n) is 4.50. The molecule has 0 radical (unpaired) electrons. The van der Waals surface area contributed by atoms with Crippen molar-refractivity contribution in [2.75, 3.05) is 32.7 Å². The third kappa shape index (κ3) is 2.51. The van der Waals surface area contributed by atoms with E-state index in [1.165, 1.54) is 7.11 Å². The molecular formula is C15H17NO2. The van der Waals surface area contributed by atoms with E-state index in [1.807, 2.05) is 44.4 Å².